The zero-order valence-electron chi connectivity index (χ0n) is 26.4. The Balaban J connectivity index is 1.24. The van der Waals surface area contributed by atoms with Gasteiger partial charge in [0, 0.05) is 33.5 Å². The summed E-state index contributed by atoms with van der Waals surface area (Å²) < 4.78 is 2.41. The molecule has 9 rings (SSSR count). The Hall–Kier alpha value is -6.38. The molecule has 2 nitrogen and oxygen atoms in total. The van der Waals surface area contributed by atoms with Gasteiger partial charge in [-0.2, -0.15) is 0 Å². The molecule has 0 saturated carbocycles. The van der Waals surface area contributed by atoms with Gasteiger partial charge in [0.15, 0.2) is 0 Å². The van der Waals surface area contributed by atoms with E-state index in [1.54, 1.807) is 0 Å². The standard InChI is InChI=1S/C46H32N2/c1-4-14-33(15-5-1)34-26-28-40(29-27-34)47(38-19-6-2-7-20-38)41-23-12-18-37(30-41)42-24-13-25-44-46(42)43-31-35-16-10-11-17-36(35)32-45(43)48(44)39-21-8-3-9-22-39/h1-32H. The lowest BCUT2D eigenvalue weighted by Gasteiger charge is -2.26. The third-order valence-corrected chi connectivity index (χ3v) is 9.33. The van der Waals surface area contributed by atoms with E-state index in [0.717, 1.165) is 22.7 Å². The van der Waals surface area contributed by atoms with Gasteiger partial charge in [0.05, 0.1) is 11.0 Å². The van der Waals surface area contributed by atoms with Gasteiger partial charge in [0.1, 0.15) is 0 Å². The summed E-state index contributed by atoms with van der Waals surface area (Å²) in [6.45, 7) is 0. The first-order valence-electron chi connectivity index (χ1n) is 16.4. The molecule has 0 unspecified atom stereocenters. The van der Waals surface area contributed by atoms with Gasteiger partial charge < -0.3 is 9.47 Å². The number of rotatable bonds is 6. The number of anilines is 3. The van der Waals surface area contributed by atoms with Gasteiger partial charge in [-0.05, 0) is 99.8 Å². The topological polar surface area (TPSA) is 8.17 Å². The number of para-hydroxylation sites is 2. The van der Waals surface area contributed by atoms with E-state index in [-0.39, 0.29) is 0 Å². The molecule has 0 aliphatic heterocycles. The third-order valence-electron chi connectivity index (χ3n) is 9.33. The zero-order chi connectivity index (χ0) is 31.9. The summed E-state index contributed by atoms with van der Waals surface area (Å²) in [6, 6.07) is 69.8. The molecule has 226 valence electrons. The number of fused-ring (bicyclic) bond motifs is 4. The molecular formula is C46H32N2. The maximum absolute atomic E-state index is 2.41. The van der Waals surface area contributed by atoms with E-state index in [0.29, 0.717) is 0 Å². The molecule has 48 heavy (non-hydrogen) atoms. The maximum Gasteiger partial charge on any atom is 0.0547 e. The SMILES string of the molecule is c1ccc(-c2ccc(N(c3ccccc3)c3cccc(-c4cccc5c4c4cc6ccccc6cc4n5-c4ccccc4)c3)cc2)cc1. The van der Waals surface area contributed by atoms with Crippen LogP contribution < -0.4 is 4.90 Å². The lowest BCUT2D eigenvalue weighted by molar-refractivity contribution is 1.18. The first kappa shape index (κ1) is 27.9. The minimum atomic E-state index is 1.11. The van der Waals surface area contributed by atoms with Crippen LogP contribution in [0.1, 0.15) is 0 Å². The van der Waals surface area contributed by atoms with Crippen LogP contribution in [0.4, 0.5) is 17.1 Å². The number of nitrogens with zero attached hydrogens (tertiary/aromatic N) is 2. The van der Waals surface area contributed by atoms with E-state index in [4.69, 9.17) is 0 Å². The van der Waals surface area contributed by atoms with Crippen LogP contribution in [-0.2, 0) is 0 Å². The average molecular weight is 613 g/mol. The predicted molar refractivity (Wildman–Crippen MR) is 204 cm³/mol. The van der Waals surface area contributed by atoms with Gasteiger partial charge in [0.25, 0.3) is 0 Å². The molecule has 0 atom stereocenters. The smallest absolute Gasteiger partial charge is 0.0547 e. The molecule has 0 amide bonds. The Morgan fingerprint density at radius 1 is 0.354 bits per heavy atom. The molecule has 1 aromatic heterocycles. The molecule has 0 saturated heterocycles. The van der Waals surface area contributed by atoms with Crippen molar-refractivity contribution in [2.24, 2.45) is 0 Å². The Morgan fingerprint density at radius 3 is 1.67 bits per heavy atom. The van der Waals surface area contributed by atoms with Crippen molar-refractivity contribution >= 4 is 49.6 Å². The van der Waals surface area contributed by atoms with Gasteiger partial charge in [-0.3, -0.25) is 0 Å². The summed E-state index contributed by atoms with van der Waals surface area (Å²) in [4.78, 5) is 2.35. The molecule has 8 aromatic carbocycles. The fourth-order valence-corrected chi connectivity index (χ4v) is 7.12. The number of hydrogen-bond acceptors (Lipinski definition) is 1. The number of benzene rings is 8. The summed E-state index contributed by atoms with van der Waals surface area (Å²) in [5.74, 6) is 0. The third kappa shape index (κ3) is 4.83. The zero-order valence-corrected chi connectivity index (χ0v) is 26.4. The summed E-state index contributed by atoms with van der Waals surface area (Å²) in [7, 11) is 0. The molecule has 9 aromatic rings. The van der Waals surface area contributed by atoms with Crippen LogP contribution in [0.5, 0.6) is 0 Å². The van der Waals surface area contributed by atoms with Gasteiger partial charge in [-0.25, -0.2) is 0 Å². The Labute approximate surface area is 280 Å². The summed E-state index contributed by atoms with van der Waals surface area (Å²) in [6.07, 6.45) is 0. The van der Waals surface area contributed by atoms with Crippen LogP contribution in [-0.4, -0.2) is 4.57 Å². The van der Waals surface area contributed by atoms with Crippen molar-refractivity contribution in [3.05, 3.63) is 194 Å². The maximum atomic E-state index is 2.41. The Morgan fingerprint density at radius 2 is 0.917 bits per heavy atom. The number of hydrogen-bond donors (Lipinski definition) is 0. The molecule has 0 radical (unpaired) electrons. The minimum absolute atomic E-state index is 1.11. The summed E-state index contributed by atoms with van der Waals surface area (Å²) >= 11 is 0. The average Bonchev–Trinajstić information content (AvgIpc) is 3.49. The van der Waals surface area contributed by atoms with Crippen LogP contribution in [0, 0.1) is 0 Å². The highest BCUT2D eigenvalue weighted by Gasteiger charge is 2.19. The lowest BCUT2D eigenvalue weighted by Crippen LogP contribution is -2.09. The van der Waals surface area contributed by atoms with Crippen LogP contribution >= 0.6 is 0 Å². The number of aromatic nitrogens is 1. The Bertz CT molecular complexity index is 2530. The second kappa shape index (κ2) is 11.8. The minimum Gasteiger partial charge on any atom is -0.310 e. The molecule has 0 fully saturated rings. The van der Waals surface area contributed by atoms with Crippen LogP contribution in [0.25, 0.3) is 60.5 Å². The molecular weight excluding hydrogens is 581 g/mol. The fourth-order valence-electron chi connectivity index (χ4n) is 7.12. The summed E-state index contributed by atoms with van der Waals surface area (Å²) in [5.41, 5.74) is 11.7. The predicted octanol–water partition coefficient (Wildman–Crippen LogP) is 12.7. The highest BCUT2D eigenvalue weighted by atomic mass is 15.1. The van der Waals surface area contributed by atoms with E-state index in [2.05, 4.69) is 204 Å². The molecule has 0 bridgehead atoms. The molecule has 0 spiro atoms. The Kier molecular flexibility index (Phi) is 6.84. The van der Waals surface area contributed by atoms with E-state index in [9.17, 15) is 0 Å². The van der Waals surface area contributed by atoms with Gasteiger partial charge in [0.2, 0.25) is 0 Å². The van der Waals surface area contributed by atoms with Crippen LogP contribution in [0.3, 0.4) is 0 Å². The lowest BCUT2D eigenvalue weighted by atomic mass is 9.97. The van der Waals surface area contributed by atoms with Gasteiger partial charge in [-0.1, -0.05) is 127 Å². The van der Waals surface area contributed by atoms with Crippen molar-refractivity contribution < 1.29 is 0 Å². The molecule has 2 heteroatoms. The van der Waals surface area contributed by atoms with Crippen molar-refractivity contribution in [1.29, 1.82) is 0 Å². The van der Waals surface area contributed by atoms with E-state index in [1.165, 1.54) is 54.8 Å². The first-order valence-corrected chi connectivity index (χ1v) is 16.4. The normalized spacial score (nSPS) is 11.3. The highest BCUT2D eigenvalue weighted by Crippen LogP contribution is 2.42. The summed E-state index contributed by atoms with van der Waals surface area (Å²) in [5, 5.41) is 5.00. The first-order chi connectivity index (χ1) is 23.8. The second-order valence-electron chi connectivity index (χ2n) is 12.2. The van der Waals surface area contributed by atoms with E-state index < -0.39 is 0 Å². The van der Waals surface area contributed by atoms with E-state index in [1.807, 2.05) is 0 Å². The van der Waals surface area contributed by atoms with E-state index >= 15 is 0 Å². The second-order valence-corrected chi connectivity index (χ2v) is 12.2. The molecule has 0 aliphatic rings. The van der Waals surface area contributed by atoms with Crippen molar-refractivity contribution in [2.75, 3.05) is 4.90 Å². The molecule has 0 N–H and O–H groups in total. The monoisotopic (exact) mass is 612 g/mol. The van der Waals surface area contributed by atoms with Crippen molar-refractivity contribution in [3.8, 4) is 27.9 Å². The quantitative estimate of drug-likeness (QED) is 0.181. The van der Waals surface area contributed by atoms with Gasteiger partial charge in [-0.15, -0.1) is 0 Å². The largest absolute Gasteiger partial charge is 0.310 e. The van der Waals surface area contributed by atoms with Crippen molar-refractivity contribution in [2.45, 2.75) is 0 Å². The molecule has 0 aliphatic carbocycles. The highest BCUT2D eigenvalue weighted by molar-refractivity contribution is 6.18. The van der Waals surface area contributed by atoms with Crippen LogP contribution in [0.2, 0.25) is 0 Å². The van der Waals surface area contributed by atoms with Gasteiger partial charge >= 0.3 is 0 Å². The van der Waals surface area contributed by atoms with Crippen LogP contribution in [0.15, 0.2) is 194 Å². The van der Waals surface area contributed by atoms with Crippen molar-refractivity contribution in [1.82, 2.24) is 4.57 Å². The van der Waals surface area contributed by atoms with Crippen molar-refractivity contribution in [3.63, 3.8) is 0 Å². The fraction of sp³-hybridized carbons (Fsp3) is 0. The molecule has 1 heterocycles.